The Morgan fingerprint density at radius 1 is 1.69 bits per heavy atom. The molecule has 1 fully saturated rings. The molecular formula is C9H14N2O2. The Bertz CT molecular complexity index is 334. The Labute approximate surface area is 76.5 Å². The van der Waals surface area contributed by atoms with Gasteiger partial charge in [-0.1, -0.05) is 0 Å². The van der Waals surface area contributed by atoms with Gasteiger partial charge in [-0.25, -0.2) is 9.53 Å². The fraction of sp³-hybridized carbons (Fsp3) is 0.667. The van der Waals surface area contributed by atoms with E-state index < -0.39 is 0 Å². The van der Waals surface area contributed by atoms with Crippen LogP contribution in [-0.4, -0.2) is 17.8 Å². The molecule has 1 unspecified atom stereocenters. The van der Waals surface area contributed by atoms with E-state index in [0.717, 1.165) is 25.2 Å². The van der Waals surface area contributed by atoms with Crippen molar-refractivity contribution in [3.8, 4) is 0 Å². The number of hydrogen-bond donors (Lipinski definition) is 1. The maximum atomic E-state index is 10.9. The van der Waals surface area contributed by atoms with Crippen molar-refractivity contribution in [2.75, 3.05) is 13.1 Å². The lowest BCUT2D eigenvalue weighted by atomic mass is 9.96. The van der Waals surface area contributed by atoms with Crippen LogP contribution in [0.25, 0.3) is 0 Å². The second-order valence-corrected chi connectivity index (χ2v) is 3.52. The molecule has 1 saturated heterocycles. The Kier molecular flexibility index (Phi) is 2.22. The van der Waals surface area contributed by atoms with E-state index in [1.54, 1.807) is 17.9 Å². The van der Waals surface area contributed by atoms with Gasteiger partial charge in [0.1, 0.15) is 0 Å². The smallest absolute Gasteiger partial charge is 0.337 e. The van der Waals surface area contributed by atoms with Crippen LogP contribution in [0.2, 0.25) is 0 Å². The second kappa shape index (κ2) is 3.38. The molecule has 1 atom stereocenters. The average molecular weight is 182 g/mol. The first kappa shape index (κ1) is 8.56. The minimum Gasteiger partial charge on any atom is -0.337 e. The van der Waals surface area contributed by atoms with Gasteiger partial charge in [0.25, 0.3) is 0 Å². The molecule has 13 heavy (non-hydrogen) atoms. The molecule has 2 rings (SSSR count). The molecule has 0 amide bonds. The number of rotatable bonds is 1. The van der Waals surface area contributed by atoms with Crippen molar-refractivity contribution in [3.63, 3.8) is 0 Å². The van der Waals surface area contributed by atoms with Crippen LogP contribution in [0.1, 0.15) is 24.5 Å². The van der Waals surface area contributed by atoms with Crippen molar-refractivity contribution in [3.05, 3.63) is 22.2 Å². The van der Waals surface area contributed by atoms with Crippen LogP contribution >= 0.6 is 0 Å². The molecule has 1 aromatic heterocycles. The molecule has 72 valence electrons. The molecule has 4 heteroatoms. The van der Waals surface area contributed by atoms with Gasteiger partial charge < -0.3 is 9.84 Å². The van der Waals surface area contributed by atoms with Gasteiger partial charge in [0, 0.05) is 25.6 Å². The van der Waals surface area contributed by atoms with Gasteiger partial charge in [-0.2, -0.15) is 0 Å². The SMILES string of the molecule is Cn1oc(=O)cc1C1CCCNC1. The highest BCUT2D eigenvalue weighted by atomic mass is 16.5. The summed E-state index contributed by atoms with van der Waals surface area (Å²) in [4.78, 5) is 10.9. The molecule has 1 aliphatic rings. The van der Waals surface area contributed by atoms with Crippen molar-refractivity contribution >= 4 is 0 Å². The van der Waals surface area contributed by atoms with E-state index in [0.29, 0.717) is 5.92 Å². The molecule has 4 nitrogen and oxygen atoms in total. The first-order chi connectivity index (χ1) is 6.27. The van der Waals surface area contributed by atoms with Crippen molar-refractivity contribution < 1.29 is 4.52 Å². The second-order valence-electron chi connectivity index (χ2n) is 3.52. The molecule has 2 heterocycles. The van der Waals surface area contributed by atoms with Crippen LogP contribution in [0.15, 0.2) is 15.4 Å². The Hall–Kier alpha value is -1.03. The minimum atomic E-state index is -0.247. The van der Waals surface area contributed by atoms with E-state index in [1.165, 1.54) is 6.42 Å². The van der Waals surface area contributed by atoms with E-state index >= 15 is 0 Å². The zero-order valence-corrected chi connectivity index (χ0v) is 7.75. The average Bonchev–Trinajstić information content (AvgIpc) is 2.47. The number of hydrogen-bond acceptors (Lipinski definition) is 3. The predicted octanol–water partition coefficient (Wildman–Crippen LogP) is 0.445. The van der Waals surface area contributed by atoms with Gasteiger partial charge >= 0.3 is 5.63 Å². The van der Waals surface area contributed by atoms with E-state index in [4.69, 9.17) is 4.52 Å². The first-order valence-electron chi connectivity index (χ1n) is 4.65. The molecule has 0 aromatic carbocycles. The Balaban J connectivity index is 2.23. The number of piperidine rings is 1. The van der Waals surface area contributed by atoms with Crippen molar-refractivity contribution in [1.29, 1.82) is 0 Å². The van der Waals surface area contributed by atoms with Gasteiger partial charge in [-0.05, 0) is 19.4 Å². The molecule has 1 N–H and O–H groups in total. The molecule has 0 spiro atoms. The number of aromatic nitrogens is 1. The van der Waals surface area contributed by atoms with Crippen molar-refractivity contribution in [2.45, 2.75) is 18.8 Å². The van der Waals surface area contributed by atoms with Gasteiger partial charge in [0.05, 0.1) is 5.69 Å². The summed E-state index contributed by atoms with van der Waals surface area (Å²) < 4.78 is 6.48. The summed E-state index contributed by atoms with van der Waals surface area (Å²) in [6.45, 7) is 2.04. The summed E-state index contributed by atoms with van der Waals surface area (Å²) in [5.41, 5.74) is 0.764. The van der Waals surface area contributed by atoms with Gasteiger partial charge in [0.15, 0.2) is 0 Å². The highest BCUT2D eigenvalue weighted by Crippen LogP contribution is 2.21. The zero-order chi connectivity index (χ0) is 9.26. The summed E-state index contributed by atoms with van der Waals surface area (Å²) in [6, 6.07) is 1.59. The molecule has 1 aliphatic heterocycles. The largest absolute Gasteiger partial charge is 0.357 e. The van der Waals surface area contributed by atoms with Crippen molar-refractivity contribution in [2.24, 2.45) is 7.05 Å². The van der Waals surface area contributed by atoms with Crippen LogP contribution in [0, 0.1) is 0 Å². The number of nitrogens with one attached hydrogen (secondary N) is 1. The highest BCUT2D eigenvalue weighted by molar-refractivity contribution is 5.07. The molecule has 0 bridgehead atoms. The maximum Gasteiger partial charge on any atom is 0.357 e. The lowest BCUT2D eigenvalue weighted by Gasteiger charge is -2.21. The van der Waals surface area contributed by atoms with Gasteiger partial charge in [0.2, 0.25) is 0 Å². The highest BCUT2D eigenvalue weighted by Gasteiger charge is 2.19. The van der Waals surface area contributed by atoms with Crippen LogP contribution in [0.4, 0.5) is 0 Å². The van der Waals surface area contributed by atoms with E-state index in [-0.39, 0.29) is 5.63 Å². The standard InChI is InChI=1S/C9H14N2O2/c1-11-8(5-9(12)13-11)7-3-2-4-10-6-7/h5,7,10H,2-4,6H2,1H3. The lowest BCUT2D eigenvalue weighted by Crippen LogP contribution is -2.29. The number of aryl methyl sites for hydroxylation is 1. The normalized spacial score (nSPS) is 23.3. The maximum absolute atomic E-state index is 10.9. The summed E-state index contributed by atoms with van der Waals surface area (Å²) in [7, 11) is 1.78. The van der Waals surface area contributed by atoms with Crippen LogP contribution in [0.3, 0.4) is 0 Å². The fourth-order valence-electron chi connectivity index (χ4n) is 1.90. The predicted molar refractivity (Wildman–Crippen MR) is 48.8 cm³/mol. The third-order valence-electron chi connectivity index (χ3n) is 2.57. The zero-order valence-electron chi connectivity index (χ0n) is 7.75. The van der Waals surface area contributed by atoms with E-state index in [9.17, 15) is 4.79 Å². The monoisotopic (exact) mass is 182 g/mol. The fourth-order valence-corrected chi connectivity index (χ4v) is 1.90. The summed E-state index contributed by atoms with van der Waals surface area (Å²) in [6.07, 6.45) is 2.31. The molecule has 0 radical (unpaired) electrons. The minimum absolute atomic E-state index is 0.247. The lowest BCUT2D eigenvalue weighted by molar-refractivity contribution is 0.267. The molecule has 1 aromatic rings. The summed E-state index contributed by atoms with van der Waals surface area (Å²) in [5, 5.41) is 3.31. The molecule has 0 aliphatic carbocycles. The molecular weight excluding hydrogens is 168 g/mol. The Morgan fingerprint density at radius 2 is 2.54 bits per heavy atom. The third kappa shape index (κ3) is 1.67. The summed E-state index contributed by atoms with van der Waals surface area (Å²) >= 11 is 0. The van der Waals surface area contributed by atoms with Crippen molar-refractivity contribution in [1.82, 2.24) is 10.1 Å². The van der Waals surface area contributed by atoms with Crippen LogP contribution < -0.4 is 10.9 Å². The Morgan fingerprint density at radius 3 is 3.08 bits per heavy atom. The van der Waals surface area contributed by atoms with Gasteiger partial charge in [-0.3, -0.25) is 0 Å². The topological polar surface area (TPSA) is 47.2 Å². The molecule has 0 saturated carbocycles. The third-order valence-corrected chi connectivity index (χ3v) is 2.57. The van der Waals surface area contributed by atoms with Gasteiger partial charge in [-0.15, -0.1) is 0 Å². The van der Waals surface area contributed by atoms with E-state index in [2.05, 4.69) is 5.32 Å². The first-order valence-corrected chi connectivity index (χ1v) is 4.65. The van der Waals surface area contributed by atoms with Crippen LogP contribution in [-0.2, 0) is 7.05 Å². The quantitative estimate of drug-likeness (QED) is 0.685. The van der Waals surface area contributed by atoms with E-state index in [1.807, 2.05) is 0 Å². The number of nitrogens with zero attached hydrogens (tertiary/aromatic N) is 1. The summed E-state index contributed by atoms with van der Waals surface area (Å²) in [5.74, 6) is 0.435. The van der Waals surface area contributed by atoms with Crippen LogP contribution in [0.5, 0.6) is 0 Å².